The third kappa shape index (κ3) is 6.50. The number of nitrogens with one attached hydrogen (secondary N) is 2. The van der Waals surface area contributed by atoms with Crippen LogP contribution in [-0.2, 0) is 0 Å². The predicted molar refractivity (Wildman–Crippen MR) is 128 cm³/mol. The van der Waals surface area contributed by atoms with Crippen LogP contribution in [-0.4, -0.2) is 46.8 Å². The number of ether oxygens (including phenoxy) is 1. The van der Waals surface area contributed by atoms with Gasteiger partial charge in [-0.05, 0) is 49.6 Å². The summed E-state index contributed by atoms with van der Waals surface area (Å²) in [5.41, 5.74) is -2.53. The second-order valence-corrected chi connectivity index (χ2v) is 9.22. The zero-order valence-electron chi connectivity index (χ0n) is 18.9. The van der Waals surface area contributed by atoms with Crippen molar-refractivity contribution < 1.29 is 23.4 Å². The maximum atomic E-state index is 12.9. The fourth-order valence-corrected chi connectivity index (χ4v) is 4.56. The van der Waals surface area contributed by atoms with Crippen LogP contribution in [0.2, 0.25) is 0 Å². The molecule has 0 radical (unpaired) electrons. The van der Waals surface area contributed by atoms with Crippen molar-refractivity contribution in [3.63, 3.8) is 0 Å². The highest BCUT2D eigenvalue weighted by Gasteiger charge is 2.29. The number of β-amino-alcohol motifs (C(OH)–C–C–N with tert-alkyl or cyclic N) is 1. The van der Waals surface area contributed by atoms with Crippen molar-refractivity contribution in [1.29, 1.82) is 5.26 Å². The van der Waals surface area contributed by atoms with E-state index in [0.717, 1.165) is 25.7 Å². The van der Waals surface area contributed by atoms with Crippen LogP contribution in [0.5, 0.6) is 5.75 Å². The van der Waals surface area contributed by atoms with Gasteiger partial charge in [0, 0.05) is 42.6 Å². The number of hydrogen-bond acceptors (Lipinski definition) is 7. The van der Waals surface area contributed by atoms with E-state index in [1.165, 1.54) is 30.5 Å². The largest absolute Gasteiger partial charge is 0.487 e. The highest BCUT2D eigenvalue weighted by molar-refractivity contribution is 6.20. The number of aliphatic hydroxyl groups is 1. The Morgan fingerprint density at radius 1 is 1.26 bits per heavy atom. The number of nitrogens with zero attached hydrogens (tertiary/aromatic N) is 3. The van der Waals surface area contributed by atoms with Gasteiger partial charge in [-0.15, -0.1) is 8.78 Å². The zero-order chi connectivity index (χ0) is 25.0. The molecular formula is C24H26ClF2N5O3. The van der Waals surface area contributed by atoms with Gasteiger partial charge in [0.25, 0.3) is 5.91 Å². The number of nitriles is 1. The number of benzene rings is 1. The summed E-state index contributed by atoms with van der Waals surface area (Å²) >= 11 is 4.77. The summed E-state index contributed by atoms with van der Waals surface area (Å²) in [5.74, 6) is -0.0959. The Morgan fingerprint density at radius 3 is 2.66 bits per heavy atom. The van der Waals surface area contributed by atoms with Crippen LogP contribution in [0.4, 0.5) is 26.0 Å². The van der Waals surface area contributed by atoms with E-state index in [1.807, 2.05) is 4.90 Å². The third-order valence-electron chi connectivity index (χ3n) is 6.21. The fraction of sp³-hybridized carbons (Fsp3) is 0.458. The van der Waals surface area contributed by atoms with Gasteiger partial charge in [0.2, 0.25) is 0 Å². The van der Waals surface area contributed by atoms with Crippen molar-refractivity contribution in [1.82, 2.24) is 4.98 Å². The number of carbonyl (C=O) groups excluding carboxylic acids is 1. The van der Waals surface area contributed by atoms with Gasteiger partial charge in [-0.2, -0.15) is 5.26 Å². The number of halogens is 3. The smallest absolute Gasteiger partial charge is 0.420 e. The van der Waals surface area contributed by atoms with Gasteiger partial charge in [-0.1, -0.05) is 12.8 Å². The minimum Gasteiger partial charge on any atom is -0.420 e. The monoisotopic (exact) mass is 505 g/mol. The average Bonchev–Trinajstić information content (AvgIpc) is 3.25. The number of hydrogen-bond donors (Lipinski definition) is 3. The summed E-state index contributed by atoms with van der Waals surface area (Å²) in [6.07, 6.45) is 5.31. The van der Waals surface area contributed by atoms with E-state index >= 15 is 0 Å². The fourth-order valence-electron chi connectivity index (χ4n) is 4.48. The Labute approximate surface area is 206 Å². The van der Waals surface area contributed by atoms with E-state index in [2.05, 4.69) is 26.4 Å². The minimum atomic E-state index is -3.82. The van der Waals surface area contributed by atoms with Crippen molar-refractivity contribution in [2.45, 2.75) is 49.8 Å². The first kappa shape index (κ1) is 24.9. The molecule has 2 unspecified atom stereocenters. The van der Waals surface area contributed by atoms with Crippen LogP contribution in [0, 0.1) is 17.2 Å². The Balaban J connectivity index is 1.54. The van der Waals surface area contributed by atoms with Crippen LogP contribution in [0.1, 0.15) is 42.5 Å². The molecule has 1 saturated heterocycles. The van der Waals surface area contributed by atoms with Gasteiger partial charge in [0.05, 0.1) is 29.3 Å². The molecule has 8 nitrogen and oxygen atoms in total. The summed E-state index contributed by atoms with van der Waals surface area (Å²) in [7, 11) is 0. The molecular weight excluding hydrogens is 480 g/mol. The molecule has 0 bridgehead atoms. The number of aromatic nitrogens is 1. The molecule has 2 aliphatic rings. The van der Waals surface area contributed by atoms with E-state index in [1.54, 1.807) is 6.07 Å². The second kappa shape index (κ2) is 10.6. The van der Waals surface area contributed by atoms with Crippen molar-refractivity contribution in [3.05, 3.63) is 42.1 Å². The standard InChI is InChI=1S/C24H26ClF2N5O3/c25-24(26,27)35-19-7-5-17(6-8-19)30-23(34)16-11-21(31-20-4-2-1-3-15(20)12-28)22(29-13-16)32-10-9-18(33)14-32/h5-8,11,13,15,18,20,31,33H,1-4,9-10,14H2,(H,30,34)/t15?,18-,20?/m1/s1. The van der Waals surface area contributed by atoms with Crippen LogP contribution in [0.15, 0.2) is 36.5 Å². The van der Waals surface area contributed by atoms with E-state index < -0.39 is 17.6 Å². The highest BCUT2D eigenvalue weighted by atomic mass is 35.5. The summed E-state index contributed by atoms with van der Waals surface area (Å²) in [6, 6.07) is 9.38. The van der Waals surface area contributed by atoms with E-state index in [-0.39, 0.29) is 23.3 Å². The maximum Gasteiger partial charge on any atom is 0.487 e. The number of anilines is 3. The number of carbonyl (C=O) groups is 1. The summed E-state index contributed by atoms with van der Waals surface area (Å²) in [5, 5.41) is 25.7. The molecule has 1 aliphatic carbocycles. The number of rotatable bonds is 7. The van der Waals surface area contributed by atoms with Crippen molar-refractivity contribution >= 4 is 34.7 Å². The number of aliphatic hydroxyl groups excluding tert-OH is 1. The van der Waals surface area contributed by atoms with E-state index in [4.69, 9.17) is 11.6 Å². The summed E-state index contributed by atoms with van der Waals surface area (Å²) < 4.78 is 29.8. The Hall–Kier alpha value is -3.16. The molecule has 11 heteroatoms. The first-order valence-corrected chi connectivity index (χ1v) is 11.9. The predicted octanol–water partition coefficient (Wildman–Crippen LogP) is 4.57. The molecule has 1 aromatic heterocycles. The highest BCUT2D eigenvalue weighted by Crippen LogP contribution is 2.33. The van der Waals surface area contributed by atoms with Gasteiger partial charge < -0.3 is 25.4 Å². The summed E-state index contributed by atoms with van der Waals surface area (Å²) in [4.78, 5) is 19.4. The lowest BCUT2D eigenvalue weighted by atomic mass is 9.85. The van der Waals surface area contributed by atoms with Gasteiger partial charge >= 0.3 is 5.57 Å². The molecule has 1 amide bonds. The van der Waals surface area contributed by atoms with Gasteiger partial charge in [0.15, 0.2) is 5.82 Å². The molecule has 186 valence electrons. The second-order valence-electron chi connectivity index (χ2n) is 8.78. The van der Waals surface area contributed by atoms with E-state index in [0.29, 0.717) is 36.7 Å². The SMILES string of the molecule is N#CC1CCCCC1Nc1cc(C(=O)Nc2ccc(OC(F)(F)Cl)cc2)cnc1N1CC[C@@H](O)C1. The molecule has 0 spiro atoms. The van der Waals surface area contributed by atoms with Gasteiger partial charge in [-0.3, -0.25) is 4.79 Å². The minimum absolute atomic E-state index is 0.0623. The van der Waals surface area contributed by atoms with Gasteiger partial charge in [-0.25, -0.2) is 4.98 Å². The summed E-state index contributed by atoms with van der Waals surface area (Å²) in [6.45, 7) is 1.08. The Morgan fingerprint density at radius 2 is 2.00 bits per heavy atom. The quantitative estimate of drug-likeness (QED) is 0.473. The molecule has 4 rings (SSSR count). The van der Waals surface area contributed by atoms with Crippen molar-refractivity contribution in [2.24, 2.45) is 5.92 Å². The normalized spacial score (nSPS) is 22.4. The maximum absolute atomic E-state index is 12.9. The molecule has 3 N–H and O–H groups in total. The number of pyridine rings is 1. The molecule has 2 heterocycles. The molecule has 3 atom stereocenters. The first-order valence-electron chi connectivity index (χ1n) is 11.5. The number of amides is 1. The van der Waals surface area contributed by atoms with Crippen LogP contribution in [0.25, 0.3) is 0 Å². The third-order valence-corrected chi connectivity index (χ3v) is 6.29. The van der Waals surface area contributed by atoms with Crippen LogP contribution in [0.3, 0.4) is 0 Å². The molecule has 1 saturated carbocycles. The molecule has 2 aromatic rings. The first-order chi connectivity index (χ1) is 16.7. The van der Waals surface area contributed by atoms with Crippen molar-refractivity contribution in [2.75, 3.05) is 28.6 Å². The molecule has 35 heavy (non-hydrogen) atoms. The Bertz CT molecular complexity index is 1090. The lowest BCUT2D eigenvalue weighted by Gasteiger charge is -2.30. The van der Waals surface area contributed by atoms with Gasteiger partial charge in [0.1, 0.15) is 5.75 Å². The zero-order valence-corrected chi connectivity index (χ0v) is 19.6. The Kier molecular flexibility index (Phi) is 7.57. The molecule has 1 aliphatic heterocycles. The van der Waals surface area contributed by atoms with Crippen LogP contribution >= 0.6 is 11.6 Å². The van der Waals surface area contributed by atoms with E-state index in [9.17, 15) is 23.9 Å². The topological polar surface area (TPSA) is 111 Å². The number of alkyl halides is 3. The lowest BCUT2D eigenvalue weighted by molar-refractivity contribution is -0.0964. The molecule has 2 fully saturated rings. The van der Waals surface area contributed by atoms with Crippen LogP contribution < -0.4 is 20.3 Å². The van der Waals surface area contributed by atoms with Crippen molar-refractivity contribution in [3.8, 4) is 11.8 Å². The molecule has 1 aromatic carbocycles. The average molecular weight is 506 g/mol. The lowest BCUT2D eigenvalue weighted by Crippen LogP contribution is -2.33.